The maximum atomic E-state index is 4.55. The third-order valence-corrected chi connectivity index (χ3v) is 5.85. The number of thiazole rings is 2. The van der Waals surface area contributed by atoms with Crippen LogP contribution in [0, 0.1) is 0 Å². The molecule has 2 heterocycles. The molecule has 2 aromatic carbocycles. The number of nitrogens with zero attached hydrogens (tertiary/aromatic N) is 2. The van der Waals surface area contributed by atoms with E-state index in [-0.39, 0.29) is 0 Å². The highest BCUT2D eigenvalue weighted by Gasteiger charge is 2.06. The predicted octanol–water partition coefficient (Wildman–Crippen LogP) is 5.68. The molecular weight excluding hydrogens is 360 g/mol. The number of hydrogen-bond acceptors (Lipinski definition) is 6. The Morgan fingerprint density at radius 3 is 1.23 bits per heavy atom. The lowest BCUT2D eigenvalue weighted by atomic mass is 10.0. The van der Waals surface area contributed by atoms with Crippen molar-refractivity contribution in [3.05, 3.63) is 59.3 Å². The van der Waals surface area contributed by atoms with Gasteiger partial charge in [0.2, 0.25) is 0 Å². The second kappa shape index (κ2) is 7.27. The van der Waals surface area contributed by atoms with Crippen LogP contribution in [-0.4, -0.2) is 24.1 Å². The lowest BCUT2D eigenvalue weighted by molar-refractivity contribution is 1.36. The lowest BCUT2D eigenvalue weighted by Gasteiger charge is -2.05. The first-order valence-corrected chi connectivity index (χ1v) is 10.0. The van der Waals surface area contributed by atoms with E-state index in [1.165, 1.54) is 11.1 Å². The van der Waals surface area contributed by atoms with E-state index in [1.807, 2.05) is 14.1 Å². The van der Waals surface area contributed by atoms with Gasteiger partial charge in [0.1, 0.15) is 0 Å². The Labute approximate surface area is 160 Å². The zero-order chi connectivity index (χ0) is 17.9. The highest BCUT2D eigenvalue weighted by Crippen LogP contribution is 2.29. The highest BCUT2D eigenvalue weighted by atomic mass is 32.1. The van der Waals surface area contributed by atoms with Crippen molar-refractivity contribution in [2.45, 2.75) is 0 Å². The molecule has 0 unspecified atom stereocenters. The fourth-order valence-corrected chi connectivity index (χ4v) is 4.07. The standard InChI is InChI=1S/C20H18N4S2/c1-21-19-23-17(11-25-19)15-7-3-13(4-8-15)14-5-9-16(10-6-14)18-12-26-20(22-2)24-18/h3-12H,1-2H3,(H,21,23)(H,22,24). The Morgan fingerprint density at radius 1 is 0.577 bits per heavy atom. The smallest absolute Gasteiger partial charge is 0.182 e. The third kappa shape index (κ3) is 3.34. The van der Waals surface area contributed by atoms with Crippen LogP contribution in [-0.2, 0) is 0 Å². The molecule has 0 aliphatic rings. The van der Waals surface area contributed by atoms with Crippen LogP contribution in [0.1, 0.15) is 0 Å². The summed E-state index contributed by atoms with van der Waals surface area (Å²) < 4.78 is 0. The van der Waals surface area contributed by atoms with E-state index in [9.17, 15) is 0 Å². The van der Waals surface area contributed by atoms with Crippen molar-refractivity contribution < 1.29 is 0 Å². The van der Waals surface area contributed by atoms with Crippen molar-refractivity contribution in [1.82, 2.24) is 9.97 Å². The molecule has 0 spiro atoms. The van der Waals surface area contributed by atoms with Crippen LogP contribution in [0.5, 0.6) is 0 Å². The highest BCUT2D eigenvalue weighted by molar-refractivity contribution is 7.14. The van der Waals surface area contributed by atoms with Gasteiger partial charge in [0.05, 0.1) is 11.4 Å². The topological polar surface area (TPSA) is 49.8 Å². The van der Waals surface area contributed by atoms with E-state index in [4.69, 9.17) is 0 Å². The van der Waals surface area contributed by atoms with E-state index < -0.39 is 0 Å². The first-order chi connectivity index (χ1) is 12.8. The third-order valence-electron chi connectivity index (χ3n) is 4.13. The van der Waals surface area contributed by atoms with Crippen molar-refractivity contribution in [2.24, 2.45) is 0 Å². The molecule has 0 saturated carbocycles. The van der Waals surface area contributed by atoms with Gasteiger partial charge in [-0.2, -0.15) is 0 Å². The maximum absolute atomic E-state index is 4.55. The molecule has 2 N–H and O–H groups in total. The first-order valence-electron chi connectivity index (χ1n) is 8.24. The molecule has 130 valence electrons. The SMILES string of the molecule is CNc1nc(-c2ccc(-c3ccc(-c4csc(NC)n4)cc3)cc2)cs1. The molecular formula is C20H18N4S2. The summed E-state index contributed by atoms with van der Waals surface area (Å²) >= 11 is 3.23. The maximum Gasteiger partial charge on any atom is 0.182 e. The molecule has 0 atom stereocenters. The van der Waals surface area contributed by atoms with E-state index in [1.54, 1.807) is 22.7 Å². The summed E-state index contributed by atoms with van der Waals surface area (Å²) in [5.74, 6) is 0. The molecule has 0 bridgehead atoms. The normalized spacial score (nSPS) is 10.7. The van der Waals surface area contributed by atoms with Crippen LogP contribution in [0.15, 0.2) is 59.3 Å². The Kier molecular flexibility index (Phi) is 4.69. The van der Waals surface area contributed by atoms with Gasteiger partial charge in [-0.15, -0.1) is 22.7 Å². The molecule has 0 aliphatic heterocycles. The van der Waals surface area contributed by atoms with Crippen LogP contribution >= 0.6 is 22.7 Å². The molecule has 2 aromatic heterocycles. The van der Waals surface area contributed by atoms with Crippen molar-refractivity contribution in [3.8, 4) is 33.6 Å². The van der Waals surface area contributed by atoms with Gasteiger partial charge < -0.3 is 10.6 Å². The molecule has 4 aromatic rings. The monoisotopic (exact) mass is 378 g/mol. The van der Waals surface area contributed by atoms with Gasteiger partial charge in [-0.3, -0.25) is 0 Å². The van der Waals surface area contributed by atoms with Gasteiger partial charge in [-0.25, -0.2) is 9.97 Å². The number of benzene rings is 2. The summed E-state index contributed by atoms with van der Waals surface area (Å²) in [5, 5.41) is 12.2. The Balaban J connectivity index is 1.55. The minimum atomic E-state index is 0.933. The average Bonchev–Trinajstić information content (AvgIpc) is 3.38. The van der Waals surface area contributed by atoms with E-state index in [0.29, 0.717) is 0 Å². The molecule has 0 radical (unpaired) electrons. The minimum Gasteiger partial charge on any atom is -0.365 e. The molecule has 0 fully saturated rings. The molecule has 26 heavy (non-hydrogen) atoms. The average molecular weight is 379 g/mol. The number of nitrogens with one attached hydrogen (secondary N) is 2. The summed E-state index contributed by atoms with van der Waals surface area (Å²) in [7, 11) is 3.78. The molecule has 4 rings (SSSR count). The van der Waals surface area contributed by atoms with Crippen molar-refractivity contribution in [3.63, 3.8) is 0 Å². The van der Waals surface area contributed by atoms with Gasteiger partial charge in [0.15, 0.2) is 10.3 Å². The quantitative estimate of drug-likeness (QED) is 0.469. The number of aromatic nitrogens is 2. The zero-order valence-electron chi connectivity index (χ0n) is 14.5. The molecule has 0 saturated heterocycles. The van der Waals surface area contributed by atoms with E-state index >= 15 is 0 Å². The van der Waals surface area contributed by atoms with Crippen LogP contribution in [0.2, 0.25) is 0 Å². The van der Waals surface area contributed by atoms with Crippen molar-refractivity contribution >= 4 is 32.9 Å². The Hall–Kier alpha value is -2.70. The van der Waals surface area contributed by atoms with Crippen LogP contribution in [0.4, 0.5) is 10.3 Å². The van der Waals surface area contributed by atoms with E-state index in [2.05, 4.69) is 79.9 Å². The summed E-state index contributed by atoms with van der Waals surface area (Å²) in [6, 6.07) is 17.1. The second-order valence-electron chi connectivity index (χ2n) is 5.73. The van der Waals surface area contributed by atoms with Crippen molar-refractivity contribution in [1.29, 1.82) is 0 Å². The fourth-order valence-electron chi connectivity index (χ4n) is 2.71. The molecule has 0 aliphatic carbocycles. The van der Waals surface area contributed by atoms with Gasteiger partial charge in [-0.1, -0.05) is 48.5 Å². The number of hydrogen-bond donors (Lipinski definition) is 2. The summed E-state index contributed by atoms with van der Waals surface area (Å²) in [5.41, 5.74) is 6.66. The van der Waals surface area contributed by atoms with Gasteiger partial charge in [0.25, 0.3) is 0 Å². The van der Waals surface area contributed by atoms with Gasteiger partial charge in [-0.05, 0) is 11.1 Å². The zero-order valence-corrected chi connectivity index (χ0v) is 16.1. The second-order valence-corrected chi connectivity index (χ2v) is 7.45. The fraction of sp³-hybridized carbons (Fsp3) is 0.100. The van der Waals surface area contributed by atoms with Crippen LogP contribution < -0.4 is 10.6 Å². The molecule has 6 heteroatoms. The molecule has 4 nitrogen and oxygen atoms in total. The summed E-state index contributed by atoms with van der Waals surface area (Å²) in [6.45, 7) is 0. The van der Waals surface area contributed by atoms with Crippen LogP contribution in [0.3, 0.4) is 0 Å². The van der Waals surface area contributed by atoms with Crippen LogP contribution in [0.25, 0.3) is 33.6 Å². The summed E-state index contributed by atoms with van der Waals surface area (Å²) in [6.07, 6.45) is 0. The van der Waals surface area contributed by atoms with Gasteiger partial charge in [0, 0.05) is 36.0 Å². The Bertz CT molecular complexity index is 917. The largest absolute Gasteiger partial charge is 0.365 e. The Morgan fingerprint density at radius 2 is 0.923 bits per heavy atom. The van der Waals surface area contributed by atoms with E-state index in [0.717, 1.165) is 32.8 Å². The minimum absolute atomic E-state index is 0.933. The van der Waals surface area contributed by atoms with Crippen molar-refractivity contribution in [2.75, 3.05) is 24.7 Å². The summed E-state index contributed by atoms with van der Waals surface area (Å²) in [4.78, 5) is 9.10. The predicted molar refractivity (Wildman–Crippen MR) is 113 cm³/mol. The van der Waals surface area contributed by atoms with Gasteiger partial charge >= 0.3 is 0 Å². The number of anilines is 2. The first kappa shape index (κ1) is 16.8. The molecule has 0 amide bonds. The number of rotatable bonds is 5. The lowest BCUT2D eigenvalue weighted by Crippen LogP contribution is -1.86.